The topological polar surface area (TPSA) is 66.0 Å². The van der Waals surface area contributed by atoms with Crippen LogP contribution in [0.15, 0.2) is 0 Å². The molecule has 1 N–H and O–H groups in total. The number of hydrogen-bond donors (Lipinski definition) is 1. The molecule has 0 aliphatic heterocycles. The van der Waals surface area contributed by atoms with E-state index in [-0.39, 0.29) is 13.4 Å². The minimum atomic E-state index is -0.489. The van der Waals surface area contributed by atoms with Crippen molar-refractivity contribution < 1.29 is 24.0 Å². The van der Waals surface area contributed by atoms with Crippen LogP contribution in [-0.4, -0.2) is 38.7 Å². The van der Waals surface area contributed by atoms with Crippen LogP contribution in [-0.2, 0) is 19.2 Å². The average Bonchev–Trinajstić information content (AvgIpc) is 2.08. The van der Waals surface area contributed by atoms with Gasteiger partial charge in [-0.05, 0) is 20.8 Å². The summed E-state index contributed by atoms with van der Waals surface area (Å²) in [4.78, 5) is 20.3. The first-order valence-electron chi connectivity index (χ1n) is 4.66. The zero-order valence-corrected chi connectivity index (χ0v) is 9.66. The Morgan fingerprint density at radius 2 is 1.93 bits per heavy atom. The Kier molecular flexibility index (Phi) is 7.02. The quantitative estimate of drug-likeness (QED) is 0.314. The van der Waals surface area contributed by atoms with Gasteiger partial charge in [0, 0.05) is 13.7 Å². The highest BCUT2D eigenvalue weighted by Crippen LogP contribution is 2.05. The van der Waals surface area contributed by atoms with Gasteiger partial charge in [-0.15, -0.1) is 0 Å². The number of amides is 1. The molecular weight excluding hydrogens is 202 g/mol. The highest BCUT2D eigenvalue weighted by atomic mass is 17.2. The zero-order chi connectivity index (χ0) is 11.7. The molecule has 0 aliphatic carbocycles. The van der Waals surface area contributed by atoms with Crippen LogP contribution in [0.1, 0.15) is 20.8 Å². The summed E-state index contributed by atoms with van der Waals surface area (Å²) < 4.78 is 9.57. The summed E-state index contributed by atoms with van der Waals surface area (Å²) >= 11 is 0. The third-order valence-corrected chi connectivity index (χ3v) is 1.10. The second-order valence-corrected chi connectivity index (χ2v) is 3.78. The summed E-state index contributed by atoms with van der Waals surface area (Å²) in [6.07, 6.45) is -0.474. The second-order valence-electron chi connectivity index (χ2n) is 3.78. The molecule has 6 nitrogen and oxygen atoms in total. The number of ether oxygens (including phenoxy) is 2. The molecule has 0 radical (unpaired) electrons. The number of rotatable bonds is 6. The molecule has 0 spiro atoms. The number of carbonyl (C=O) groups is 1. The van der Waals surface area contributed by atoms with E-state index in [1.54, 1.807) is 20.8 Å². The van der Waals surface area contributed by atoms with E-state index in [9.17, 15) is 4.79 Å². The highest BCUT2D eigenvalue weighted by Gasteiger charge is 2.15. The number of nitrogens with one attached hydrogen (secondary N) is 1. The van der Waals surface area contributed by atoms with Crippen LogP contribution < -0.4 is 5.32 Å². The van der Waals surface area contributed by atoms with Gasteiger partial charge in [0.1, 0.15) is 5.60 Å². The van der Waals surface area contributed by atoms with E-state index >= 15 is 0 Å². The summed E-state index contributed by atoms with van der Waals surface area (Å²) in [5.41, 5.74) is -0.489. The molecule has 0 aromatic rings. The molecule has 90 valence electrons. The molecule has 0 atom stereocenters. The van der Waals surface area contributed by atoms with Gasteiger partial charge in [0.05, 0.1) is 6.61 Å². The first kappa shape index (κ1) is 14.2. The van der Waals surface area contributed by atoms with Crippen molar-refractivity contribution in [3.63, 3.8) is 0 Å². The lowest BCUT2D eigenvalue weighted by Gasteiger charge is -2.19. The molecule has 0 unspecified atom stereocenters. The summed E-state index contributed by atoms with van der Waals surface area (Å²) in [5, 5.41) is 2.51. The van der Waals surface area contributed by atoms with Crippen LogP contribution in [0.25, 0.3) is 0 Å². The lowest BCUT2D eigenvalue weighted by Crippen LogP contribution is -2.34. The van der Waals surface area contributed by atoms with Crippen molar-refractivity contribution in [2.24, 2.45) is 0 Å². The number of methoxy groups -OCH3 is 1. The fourth-order valence-corrected chi connectivity index (χ4v) is 0.650. The van der Waals surface area contributed by atoms with Crippen molar-refractivity contribution >= 4 is 6.09 Å². The Bertz CT molecular complexity index is 178. The minimum Gasteiger partial charge on any atom is -0.444 e. The maximum Gasteiger partial charge on any atom is 0.407 e. The third kappa shape index (κ3) is 11.1. The Labute approximate surface area is 89.8 Å². The molecule has 0 aliphatic rings. The van der Waals surface area contributed by atoms with Gasteiger partial charge >= 0.3 is 6.09 Å². The van der Waals surface area contributed by atoms with Crippen molar-refractivity contribution in [1.29, 1.82) is 0 Å². The van der Waals surface area contributed by atoms with Crippen LogP contribution in [0.2, 0.25) is 0 Å². The van der Waals surface area contributed by atoms with E-state index in [1.807, 2.05) is 0 Å². The Morgan fingerprint density at radius 3 is 2.47 bits per heavy atom. The monoisotopic (exact) mass is 221 g/mol. The SMILES string of the molecule is COCOOCCNC(=O)OC(C)(C)C. The van der Waals surface area contributed by atoms with Crippen molar-refractivity contribution in [2.75, 3.05) is 27.1 Å². The maximum absolute atomic E-state index is 11.1. The van der Waals surface area contributed by atoms with E-state index in [0.717, 1.165) is 0 Å². The fraction of sp³-hybridized carbons (Fsp3) is 0.889. The lowest BCUT2D eigenvalue weighted by atomic mass is 10.2. The number of hydrogen-bond acceptors (Lipinski definition) is 5. The number of carbonyl (C=O) groups excluding carboxylic acids is 1. The molecule has 1 amide bonds. The van der Waals surface area contributed by atoms with Gasteiger partial charge in [-0.1, -0.05) is 0 Å². The number of alkyl carbamates (subject to hydrolysis) is 1. The molecule has 0 saturated heterocycles. The van der Waals surface area contributed by atoms with Gasteiger partial charge in [-0.25, -0.2) is 14.6 Å². The van der Waals surface area contributed by atoms with E-state index in [2.05, 4.69) is 19.8 Å². The maximum atomic E-state index is 11.1. The zero-order valence-electron chi connectivity index (χ0n) is 9.66. The van der Waals surface area contributed by atoms with Crippen LogP contribution in [0.5, 0.6) is 0 Å². The molecular formula is C9H19NO5. The molecule has 15 heavy (non-hydrogen) atoms. The molecule has 0 saturated carbocycles. The van der Waals surface area contributed by atoms with E-state index in [0.29, 0.717) is 6.54 Å². The normalized spacial score (nSPS) is 11.2. The predicted octanol–water partition coefficient (Wildman–Crippen LogP) is 1.06. The summed E-state index contributed by atoms with van der Waals surface area (Å²) in [7, 11) is 1.49. The molecule has 0 heterocycles. The van der Waals surface area contributed by atoms with Gasteiger partial charge in [-0.2, -0.15) is 0 Å². The molecule has 6 heteroatoms. The van der Waals surface area contributed by atoms with E-state index in [4.69, 9.17) is 4.74 Å². The van der Waals surface area contributed by atoms with Gasteiger partial charge in [0.15, 0.2) is 6.79 Å². The minimum absolute atomic E-state index is 0.0619. The standard InChI is InChI=1S/C9H19NO5/c1-9(2,3)15-8(11)10-5-6-13-14-7-12-4/h5-7H2,1-4H3,(H,10,11). The van der Waals surface area contributed by atoms with Crippen molar-refractivity contribution in [2.45, 2.75) is 26.4 Å². The van der Waals surface area contributed by atoms with Crippen molar-refractivity contribution in [1.82, 2.24) is 5.32 Å². The first-order valence-corrected chi connectivity index (χ1v) is 4.66. The Balaban J connectivity index is 3.32. The summed E-state index contributed by atoms with van der Waals surface area (Å²) in [5.74, 6) is 0. The average molecular weight is 221 g/mol. The van der Waals surface area contributed by atoms with Crippen LogP contribution in [0, 0.1) is 0 Å². The smallest absolute Gasteiger partial charge is 0.407 e. The molecule has 0 rings (SSSR count). The van der Waals surface area contributed by atoms with Gasteiger partial charge in [0.2, 0.25) is 0 Å². The third-order valence-electron chi connectivity index (χ3n) is 1.10. The van der Waals surface area contributed by atoms with Gasteiger partial charge < -0.3 is 14.8 Å². The Hall–Kier alpha value is -0.850. The second kappa shape index (κ2) is 7.44. The van der Waals surface area contributed by atoms with Gasteiger partial charge in [-0.3, -0.25) is 0 Å². The van der Waals surface area contributed by atoms with Crippen molar-refractivity contribution in [3.8, 4) is 0 Å². The molecule has 0 fully saturated rings. The largest absolute Gasteiger partial charge is 0.444 e. The van der Waals surface area contributed by atoms with E-state index in [1.165, 1.54) is 7.11 Å². The summed E-state index contributed by atoms with van der Waals surface area (Å²) in [6.45, 7) is 6.01. The molecule has 0 aromatic heterocycles. The van der Waals surface area contributed by atoms with E-state index < -0.39 is 11.7 Å². The van der Waals surface area contributed by atoms with Crippen LogP contribution in [0.3, 0.4) is 0 Å². The van der Waals surface area contributed by atoms with Crippen LogP contribution in [0.4, 0.5) is 4.79 Å². The predicted molar refractivity (Wildman–Crippen MR) is 53.1 cm³/mol. The molecule has 0 bridgehead atoms. The fourth-order valence-electron chi connectivity index (χ4n) is 0.650. The Morgan fingerprint density at radius 1 is 1.27 bits per heavy atom. The van der Waals surface area contributed by atoms with Gasteiger partial charge in [0.25, 0.3) is 0 Å². The lowest BCUT2D eigenvalue weighted by molar-refractivity contribution is -0.331. The summed E-state index contributed by atoms with van der Waals surface area (Å²) in [6, 6.07) is 0. The molecule has 0 aromatic carbocycles. The van der Waals surface area contributed by atoms with Crippen molar-refractivity contribution in [3.05, 3.63) is 0 Å². The first-order chi connectivity index (χ1) is 6.95. The highest BCUT2D eigenvalue weighted by molar-refractivity contribution is 5.67. The van der Waals surface area contributed by atoms with Crippen LogP contribution >= 0.6 is 0 Å².